The molecule has 0 radical (unpaired) electrons. The molecule has 0 atom stereocenters. The molecule has 0 saturated heterocycles. The van der Waals surface area contributed by atoms with Gasteiger partial charge in [-0.3, -0.25) is 4.72 Å². The molecule has 0 fully saturated rings. The van der Waals surface area contributed by atoms with Crippen LogP contribution in [0.3, 0.4) is 0 Å². The zero-order chi connectivity index (χ0) is 6.69. The Labute approximate surface area is 59.0 Å². The van der Waals surface area contributed by atoms with Crippen molar-refractivity contribution in [2.45, 2.75) is 13.5 Å². The molecule has 50 valence electrons. The van der Waals surface area contributed by atoms with Gasteiger partial charge in [0.15, 0.2) is 0 Å². The molecule has 0 aliphatic rings. The number of rotatable bonds is 2. The first kappa shape index (κ1) is 6.64. The van der Waals surface area contributed by atoms with Crippen LogP contribution in [0.4, 0.5) is 0 Å². The highest BCUT2D eigenvalue weighted by Gasteiger charge is 1.95. The van der Waals surface area contributed by atoms with Crippen LogP contribution in [0, 0.1) is 6.92 Å². The quantitative estimate of drug-likeness (QED) is 0.606. The van der Waals surface area contributed by atoms with Crippen LogP contribution in [0.25, 0.3) is 0 Å². The first-order chi connectivity index (χ1) is 4.33. The van der Waals surface area contributed by atoms with E-state index in [0.29, 0.717) is 6.54 Å². The highest BCUT2D eigenvalue weighted by molar-refractivity contribution is 7.78. The van der Waals surface area contributed by atoms with Crippen molar-refractivity contribution in [3.8, 4) is 0 Å². The van der Waals surface area contributed by atoms with Crippen molar-refractivity contribution in [2.24, 2.45) is 0 Å². The fourth-order valence-electron chi connectivity index (χ4n) is 0.582. The lowest BCUT2D eigenvalue weighted by Gasteiger charge is -1.85. The Morgan fingerprint density at radius 2 is 2.67 bits per heavy atom. The summed E-state index contributed by atoms with van der Waals surface area (Å²) in [5, 5.41) is 3.72. The summed E-state index contributed by atoms with van der Waals surface area (Å²) in [5.41, 5.74) is 0.877. The summed E-state index contributed by atoms with van der Waals surface area (Å²) in [6, 6.07) is 1.86. The molecule has 3 nitrogen and oxygen atoms in total. The van der Waals surface area contributed by atoms with Crippen molar-refractivity contribution in [2.75, 3.05) is 0 Å². The van der Waals surface area contributed by atoms with Gasteiger partial charge in [0.1, 0.15) is 5.76 Å². The molecule has 9 heavy (non-hydrogen) atoms. The molecule has 0 aliphatic heterocycles. The summed E-state index contributed by atoms with van der Waals surface area (Å²) < 4.78 is 7.46. The molecule has 0 saturated carbocycles. The van der Waals surface area contributed by atoms with Crippen LogP contribution < -0.4 is 4.72 Å². The van der Waals surface area contributed by atoms with E-state index >= 15 is 0 Å². The Bertz CT molecular complexity index is 187. The first-order valence-corrected chi connectivity index (χ1v) is 3.07. The van der Waals surface area contributed by atoms with Crippen LogP contribution in [0.5, 0.6) is 0 Å². The molecular weight excluding hydrogens is 136 g/mol. The summed E-state index contributed by atoms with van der Waals surface area (Å²) in [6.07, 6.45) is 0. The average Bonchev–Trinajstić information content (AvgIpc) is 2.17. The largest absolute Gasteiger partial charge is 0.361 e. The maximum absolute atomic E-state index is 4.79. The number of hydrogen-bond donors (Lipinski definition) is 2. The second-order valence-corrected chi connectivity index (χ2v) is 2.08. The zero-order valence-electron chi connectivity index (χ0n) is 5.09. The predicted octanol–water partition coefficient (Wildman–Crippen LogP) is 0.917. The summed E-state index contributed by atoms with van der Waals surface area (Å²) in [7, 11) is 0. The summed E-state index contributed by atoms with van der Waals surface area (Å²) in [6.45, 7) is 2.50. The van der Waals surface area contributed by atoms with Crippen molar-refractivity contribution < 1.29 is 4.52 Å². The van der Waals surface area contributed by atoms with Crippen LogP contribution >= 0.6 is 12.8 Å². The minimum atomic E-state index is 0.639. The summed E-state index contributed by atoms with van der Waals surface area (Å²) in [4.78, 5) is 0. The van der Waals surface area contributed by atoms with Crippen LogP contribution in [-0.2, 0) is 6.54 Å². The van der Waals surface area contributed by atoms with Gasteiger partial charge in [-0.05, 0) is 6.92 Å². The second-order valence-electron chi connectivity index (χ2n) is 1.76. The third-order valence-electron chi connectivity index (χ3n) is 0.937. The maximum atomic E-state index is 4.79. The Morgan fingerprint density at radius 1 is 1.89 bits per heavy atom. The van der Waals surface area contributed by atoms with Gasteiger partial charge < -0.3 is 4.52 Å². The van der Waals surface area contributed by atoms with E-state index < -0.39 is 0 Å². The summed E-state index contributed by atoms with van der Waals surface area (Å²) in [5.74, 6) is 0.827. The molecule has 0 aliphatic carbocycles. The molecule has 1 rings (SSSR count). The lowest BCUT2D eigenvalue weighted by Crippen LogP contribution is -1.97. The lowest BCUT2D eigenvalue weighted by molar-refractivity contribution is 0.390. The van der Waals surface area contributed by atoms with Crippen molar-refractivity contribution in [3.63, 3.8) is 0 Å². The van der Waals surface area contributed by atoms with E-state index in [1.54, 1.807) is 0 Å². The smallest absolute Gasteiger partial charge is 0.133 e. The molecule has 0 amide bonds. The van der Waals surface area contributed by atoms with Crippen molar-refractivity contribution >= 4 is 12.8 Å². The van der Waals surface area contributed by atoms with Gasteiger partial charge in [0.25, 0.3) is 0 Å². The van der Waals surface area contributed by atoms with Crippen molar-refractivity contribution in [1.82, 2.24) is 9.88 Å². The van der Waals surface area contributed by atoms with Crippen LogP contribution in [0.1, 0.15) is 11.5 Å². The van der Waals surface area contributed by atoms with Gasteiger partial charge in [-0.25, -0.2) is 0 Å². The molecule has 0 aromatic carbocycles. The zero-order valence-corrected chi connectivity index (χ0v) is 5.98. The molecule has 0 bridgehead atoms. The van der Waals surface area contributed by atoms with Gasteiger partial charge in [0, 0.05) is 6.07 Å². The standard InChI is InChI=1S/C5H8N2OS/c1-4-2-5(3-6-9)7-8-4/h2,6,9H,3H2,1H3. The Morgan fingerprint density at radius 3 is 3.11 bits per heavy atom. The van der Waals surface area contributed by atoms with Crippen molar-refractivity contribution in [3.05, 3.63) is 17.5 Å². The van der Waals surface area contributed by atoms with Gasteiger partial charge in [0.2, 0.25) is 0 Å². The number of aromatic nitrogens is 1. The molecule has 1 heterocycles. The SMILES string of the molecule is Cc1cc(CNS)no1. The molecule has 0 spiro atoms. The average molecular weight is 144 g/mol. The van der Waals surface area contributed by atoms with Gasteiger partial charge in [0.05, 0.1) is 12.2 Å². The topological polar surface area (TPSA) is 38.1 Å². The number of aryl methyl sites for hydroxylation is 1. The fraction of sp³-hybridized carbons (Fsp3) is 0.400. The van der Waals surface area contributed by atoms with Gasteiger partial charge in [-0.1, -0.05) is 18.0 Å². The molecule has 1 N–H and O–H groups in total. The van der Waals surface area contributed by atoms with E-state index in [0.717, 1.165) is 11.5 Å². The molecule has 4 heteroatoms. The predicted molar refractivity (Wildman–Crippen MR) is 37.1 cm³/mol. The van der Waals surface area contributed by atoms with Crippen LogP contribution in [-0.4, -0.2) is 5.16 Å². The molecule has 1 aromatic heterocycles. The normalized spacial score (nSPS) is 10.0. The lowest BCUT2D eigenvalue weighted by atomic mass is 10.4. The van der Waals surface area contributed by atoms with Crippen LogP contribution in [0.15, 0.2) is 10.6 Å². The minimum absolute atomic E-state index is 0.639. The Balaban J connectivity index is 2.61. The van der Waals surface area contributed by atoms with E-state index in [1.807, 2.05) is 13.0 Å². The van der Waals surface area contributed by atoms with Gasteiger partial charge in [-0.15, -0.1) is 0 Å². The monoisotopic (exact) mass is 144 g/mol. The maximum Gasteiger partial charge on any atom is 0.133 e. The third-order valence-corrected chi connectivity index (χ3v) is 1.10. The van der Waals surface area contributed by atoms with E-state index in [1.165, 1.54) is 0 Å². The number of thiol groups is 1. The van der Waals surface area contributed by atoms with Gasteiger partial charge >= 0.3 is 0 Å². The minimum Gasteiger partial charge on any atom is -0.361 e. The Kier molecular flexibility index (Phi) is 2.13. The van der Waals surface area contributed by atoms with E-state index in [-0.39, 0.29) is 0 Å². The Hall–Kier alpha value is -0.480. The first-order valence-electron chi connectivity index (χ1n) is 2.62. The van der Waals surface area contributed by atoms with E-state index in [9.17, 15) is 0 Å². The van der Waals surface area contributed by atoms with E-state index in [2.05, 4.69) is 22.7 Å². The number of nitrogens with zero attached hydrogens (tertiary/aromatic N) is 1. The van der Waals surface area contributed by atoms with Crippen LogP contribution in [0.2, 0.25) is 0 Å². The molecular formula is C5H8N2OS. The van der Waals surface area contributed by atoms with Crippen molar-refractivity contribution in [1.29, 1.82) is 0 Å². The second kappa shape index (κ2) is 2.89. The van der Waals surface area contributed by atoms with E-state index in [4.69, 9.17) is 4.52 Å². The molecule has 0 unspecified atom stereocenters. The number of nitrogens with one attached hydrogen (secondary N) is 1. The molecule has 1 aromatic rings. The third kappa shape index (κ3) is 1.73. The summed E-state index contributed by atoms with van der Waals surface area (Å²) >= 11 is 3.81. The highest BCUT2D eigenvalue weighted by atomic mass is 32.1. The highest BCUT2D eigenvalue weighted by Crippen LogP contribution is 2.00. The van der Waals surface area contributed by atoms with Gasteiger partial charge in [-0.2, -0.15) is 0 Å². The fourth-order valence-corrected chi connectivity index (χ4v) is 0.744. The number of hydrogen-bond acceptors (Lipinski definition) is 4.